The van der Waals surface area contributed by atoms with E-state index in [-0.39, 0.29) is 18.7 Å². The molecule has 62 valence electrons. The highest BCUT2D eigenvalue weighted by Gasteiger charge is 2.09. The van der Waals surface area contributed by atoms with Gasteiger partial charge in [0.1, 0.15) is 0 Å². The molecule has 0 spiro atoms. The normalized spacial score (nSPS) is 9.00. The Hall–Kier alpha value is -1.17. The summed E-state index contributed by atoms with van der Waals surface area (Å²) in [7, 11) is 1.60. The molecule has 0 heterocycles. The summed E-state index contributed by atoms with van der Waals surface area (Å²) in [5, 5.41) is 0. The van der Waals surface area contributed by atoms with Crippen molar-refractivity contribution in [2.24, 2.45) is 0 Å². The molecule has 0 saturated heterocycles. The molecule has 0 aliphatic carbocycles. The highest BCUT2D eigenvalue weighted by atomic mass is 16.6. The van der Waals surface area contributed by atoms with Gasteiger partial charge < -0.3 is 9.64 Å². The third kappa shape index (κ3) is 4.26. The fraction of sp³-hybridized carbons (Fsp3) is 0.625. The summed E-state index contributed by atoms with van der Waals surface area (Å²) in [6.45, 7) is 3.87. The topological polar surface area (TPSA) is 29.5 Å². The van der Waals surface area contributed by atoms with Gasteiger partial charge in [0, 0.05) is 7.05 Å². The number of hydrogen-bond donors (Lipinski definition) is 0. The number of rotatable bonds is 2. The van der Waals surface area contributed by atoms with Gasteiger partial charge in [-0.25, -0.2) is 4.79 Å². The van der Waals surface area contributed by atoms with E-state index in [1.165, 1.54) is 4.90 Å². The summed E-state index contributed by atoms with van der Waals surface area (Å²) >= 11 is 0. The first kappa shape index (κ1) is 9.83. The van der Waals surface area contributed by atoms with Crippen LogP contribution in [0.3, 0.4) is 0 Å². The lowest BCUT2D eigenvalue weighted by atomic mass is 10.5. The van der Waals surface area contributed by atoms with Crippen LogP contribution >= 0.6 is 0 Å². The van der Waals surface area contributed by atoms with Gasteiger partial charge >= 0.3 is 6.09 Å². The molecule has 11 heavy (non-hydrogen) atoms. The minimum Gasteiger partial charge on any atom is -0.447 e. The van der Waals surface area contributed by atoms with E-state index in [1.807, 2.05) is 0 Å². The SMILES string of the molecule is C#CCN(C)C(=O)OC(C)C. The Bertz CT molecular complexity index is 169. The minimum atomic E-state index is -0.377. The number of carbonyl (C=O) groups is 1. The number of carbonyl (C=O) groups excluding carboxylic acids is 1. The molecule has 0 aromatic heterocycles. The lowest BCUT2D eigenvalue weighted by Crippen LogP contribution is -2.29. The molecular weight excluding hydrogens is 142 g/mol. The Kier molecular flexibility index (Phi) is 4.12. The third-order valence-corrected chi connectivity index (χ3v) is 0.977. The second kappa shape index (κ2) is 4.62. The highest BCUT2D eigenvalue weighted by Crippen LogP contribution is 1.94. The largest absolute Gasteiger partial charge is 0.447 e. The first-order valence-electron chi connectivity index (χ1n) is 3.43. The Balaban J connectivity index is 3.75. The van der Waals surface area contributed by atoms with Crippen molar-refractivity contribution >= 4 is 6.09 Å². The van der Waals surface area contributed by atoms with Crippen LogP contribution in [0.1, 0.15) is 13.8 Å². The van der Waals surface area contributed by atoms with Gasteiger partial charge in [0.05, 0.1) is 12.6 Å². The monoisotopic (exact) mass is 155 g/mol. The number of nitrogens with zero attached hydrogens (tertiary/aromatic N) is 1. The van der Waals surface area contributed by atoms with E-state index < -0.39 is 0 Å². The Labute approximate surface area is 67.3 Å². The lowest BCUT2D eigenvalue weighted by molar-refractivity contribution is 0.0875. The Morgan fingerprint density at radius 1 is 1.73 bits per heavy atom. The minimum absolute atomic E-state index is 0.0947. The van der Waals surface area contributed by atoms with Gasteiger partial charge in [0.2, 0.25) is 0 Å². The third-order valence-electron chi connectivity index (χ3n) is 0.977. The van der Waals surface area contributed by atoms with Crippen LogP contribution < -0.4 is 0 Å². The van der Waals surface area contributed by atoms with Crippen LogP contribution in [0.25, 0.3) is 0 Å². The number of terminal acetylenes is 1. The maximum absolute atomic E-state index is 11.0. The fourth-order valence-electron chi connectivity index (χ4n) is 0.493. The summed E-state index contributed by atoms with van der Waals surface area (Å²) in [6.07, 6.45) is 4.53. The van der Waals surface area contributed by atoms with E-state index in [9.17, 15) is 4.79 Å². The predicted molar refractivity (Wildman–Crippen MR) is 43.1 cm³/mol. The zero-order valence-electron chi connectivity index (χ0n) is 7.13. The molecule has 1 amide bonds. The summed E-state index contributed by atoms with van der Waals surface area (Å²) < 4.78 is 4.86. The molecule has 0 aromatic carbocycles. The van der Waals surface area contributed by atoms with Crippen LogP contribution in [0.2, 0.25) is 0 Å². The van der Waals surface area contributed by atoms with E-state index in [0.29, 0.717) is 0 Å². The van der Waals surface area contributed by atoms with E-state index in [1.54, 1.807) is 20.9 Å². The van der Waals surface area contributed by atoms with E-state index in [0.717, 1.165) is 0 Å². The zero-order chi connectivity index (χ0) is 8.85. The average Bonchev–Trinajstić information content (AvgIpc) is 1.86. The summed E-state index contributed by atoms with van der Waals surface area (Å²) in [6, 6.07) is 0. The second-order valence-electron chi connectivity index (χ2n) is 2.49. The van der Waals surface area contributed by atoms with Crippen LogP contribution in [0.15, 0.2) is 0 Å². The number of ether oxygens (including phenoxy) is 1. The molecule has 0 aliphatic heterocycles. The van der Waals surface area contributed by atoms with Crippen molar-refractivity contribution in [2.75, 3.05) is 13.6 Å². The average molecular weight is 155 g/mol. The summed E-state index contributed by atoms with van der Waals surface area (Å²) in [4.78, 5) is 12.3. The predicted octanol–water partition coefficient (Wildman–Crippen LogP) is 1.10. The Morgan fingerprint density at radius 3 is 2.64 bits per heavy atom. The van der Waals surface area contributed by atoms with Crippen LogP contribution in [0.5, 0.6) is 0 Å². The van der Waals surface area contributed by atoms with Gasteiger partial charge in [0.25, 0.3) is 0 Å². The zero-order valence-corrected chi connectivity index (χ0v) is 7.13. The van der Waals surface area contributed by atoms with Crippen molar-refractivity contribution in [3.63, 3.8) is 0 Å². The van der Waals surface area contributed by atoms with E-state index in [4.69, 9.17) is 11.2 Å². The molecule has 3 heteroatoms. The van der Waals surface area contributed by atoms with E-state index >= 15 is 0 Å². The molecule has 0 aromatic rings. The molecule has 0 radical (unpaired) electrons. The molecule has 0 saturated carbocycles. The fourth-order valence-corrected chi connectivity index (χ4v) is 0.493. The molecule has 0 N–H and O–H groups in total. The second-order valence-corrected chi connectivity index (χ2v) is 2.49. The molecule has 0 bridgehead atoms. The van der Waals surface area contributed by atoms with Gasteiger partial charge in [-0.15, -0.1) is 6.42 Å². The lowest BCUT2D eigenvalue weighted by Gasteiger charge is -2.15. The van der Waals surface area contributed by atoms with Crippen LogP contribution in [0.4, 0.5) is 4.79 Å². The first-order valence-corrected chi connectivity index (χ1v) is 3.43. The number of amides is 1. The smallest absolute Gasteiger partial charge is 0.410 e. The summed E-state index contributed by atoms with van der Waals surface area (Å²) in [5.74, 6) is 2.35. The van der Waals surface area contributed by atoms with Gasteiger partial charge in [-0.05, 0) is 13.8 Å². The molecular formula is C8H13NO2. The maximum atomic E-state index is 11.0. The van der Waals surface area contributed by atoms with Gasteiger partial charge in [-0.2, -0.15) is 0 Å². The van der Waals surface area contributed by atoms with Crippen molar-refractivity contribution in [1.82, 2.24) is 4.90 Å². The first-order chi connectivity index (χ1) is 5.07. The van der Waals surface area contributed by atoms with Crippen LogP contribution in [-0.4, -0.2) is 30.7 Å². The standard InChI is InChI=1S/C8H13NO2/c1-5-6-9(4)8(10)11-7(2)3/h1,7H,6H2,2-4H3. The van der Waals surface area contributed by atoms with Gasteiger partial charge in [-0.3, -0.25) is 0 Å². The molecule has 0 rings (SSSR count). The van der Waals surface area contributed by atoms with Crippen LogP contribution in [-0.2, 0) is 4.74 Å². The van der Waals surface area contributed by atoms with Crippen molar-refractivity contribution in [3.05, 3.63) is 0 Å². The quantitative estimate of drug-likeness (QED) is 0.559. The van der Waals surface area contributed by atoms with Crippen molar-refractivity contribution in [1.29, 1.82) is 0 Å². The molecule has 0 aliphatic rings. The molecule has 0 atom stereocenters. The molecule has 0 fully saturated rings. The Morgan fingerprint density at radius 2 is 2.27 bits per heavy atom. The summed E-state index contributed by atoms with van der Waals surface area (Å²) in [5.41, 5.74) is 0. The van der Waals surface area contributed by atoms with Gasteiger partial charge in [-0.1, -0.05) is 5.92 Å². The maximum Gasteiger partial charge on any atom is 0.410 e. The van der Waals surface area contributed by atoms with Crippen molar-refractivity contribution in [3.8, 4) is 12.3 Å². The van der Waals surface area contributed by atoms with Crippen molar-refractivity contribution < 1.29 is 9.53 Å². The molecule has 0 unspecified atom stereocenters. The van der Waals surface area contributed by atoms with Crippen LogP contribution in [0, 0.1) is 12.3 Å². The van der Waals surface area contributed by atoms with Crippen molar-refractivity contribution in [2.45, 2.75) is 20.0 Å². The van der Waals surface area contributed by atoms with E-state index in [2.05, 4.69) is 5.92 Å². The van der Waals surface area contributed by atoms with Gasteiger partial charge in [0.15, 0.2) is 0 Å². The molecule has 3 nitrogen and oxygen atoms in total. The highest BCUT2D eigenvalue weighted by molar-refractivity contribution is 5.67. The number of hydrogen-bond acceptors (Lipinski definition) is 2.